The maximum Gasteiger partial charge on any atom is 0.247 e. The molecule has 0 fully saturated rings. The number of rotatable bonds is 4. The maximum atomic E-state index is 14.8. The van der Waals surface area contributed by atoms with Gasteiger partial charge in [-0.2, -0.15) is 4.98 Å². The number of aryl methyl sites for hydroxylation is 1. The summed E-state index contributed by atoms with van der Waals surface area (Å²) in [5, 5.41) is 8.96. The van der Waals surface area contributed by atoms with Gasteiger partial charge in [0.05, 0.1) is 11.3 Å². The second kappa shape index (κ2) is 8.82. The predicted octanol–water partition coefficient (Wildman–Crippen LogP) is 5.32. The Morgan fingerprint density at radius 3 is 2.69 bits per heavy atom. The Labute approximate surface area is 189 Å². The lowest BCUT2D eigenvalue weighted by Crippen LogP contribution is -2.36. The van der Waals surface area contributed by atoms with Gasteiger partial charge in [0.2, 0.25) is 23.2 Å². The number of benzene rings is 2. The summed E-state index contributed by atoms with van der Waals surface area (Å²) in [6.45, 7) is 7.40. The molecule has 0 saturated carbocycles. The number of carbonyl (C=O) groups excluding carboxylic acids is 1. The van der Waals surface area contributed by atoms with Crippen LogP contribution >= 0.6 is 11.8 Å². The van der Waals surface area contributed by atoms with Crippen molar-refractivity contribution in [2.75, 3.05) is 10.7 Å². The molecule has 1 aliphatic rings. The van der Waals surface area contributed by atoms with Crippen molar-refractivity contribution in [3.63, 3.8) is 0 Å². The first-order valence-electron chi connectivity index (χ1n) is 10.1. The minimum atomic E-state index is -1.27. The SMILES string of the molecule is CC(=O)N1c2ccc(C)cc2-c2nnc(SCC(C)C)nc2O[C@@H]1c1cc(F)ccc1F. The van der Waals surface area contributed by atoms with Crippen molar-refractivity contribution < 1.29 is 18.3 Å². The van der Waals surface area contributed by atoms with Crippen LogP contribution < -0.4 is 9.64 Å². The molecule has 166 valence electrons. The van der Waals surface area contributed by atoms with E-state index in [2.05, 4.69) is 29.0 Å². The summed E-state index contributed by atoms with van der Waals surface area (Å²) in [5.41, 5.74) is 2.18. The molecule has 2 heterocycles. The van der Waals surface area contributed by atoms with E-state index in [1.807, 2.05) is 19.1 Å². The number of carbonyl (C=O) groups is 1. The highest BCUT2D eigenvalue weighted by Gasteiger charge is 2.36. The molecule has 6 nitrogen and oxygen atoms in total. The summed E-state index contributed by atoms with van der Waals surface area (Å²) in [6, 6.07) is 8.46. The highest BCUT2D eigenvalue weighted by atomic mass is 32.2. The van der Waals surface area contributed by atoms with Crippen molar-refractivity contribution in [3.8, 4) is 17.1 Å². The summed E-state index contributed by atoms with van der Waals surface area (Å²) in [6.07, 6.45) is -1.27. The topological polar surface area (TPSA) is 68.2 Å². The van der Waals surface area contributed by atoms with E-state index in [1.54, 1.807) is 6.07 Å². The molecule has 32 heavy (non-hydrogen) atoms. The number of halogens is 2. The zero-order chi connectivity index (χ0) is 23.0. The molecule has 1 aromatic heterocycles. The summed E-state index contributed by atoms with van der Waals surface area (Å²) in [5.74, 6) is -0.451. The van der Waals surface area contributed by atoms with Crippen molar-refractivity contribution in [2.45, 2.75) is 39.1 Å². The Morgan fingerprint density at radius 1 is 1.19 bits per heavy atom. The van der Waals surface area contributed by atoms with Crippen LogP contribution in [0.1, 0.15) is 38.1 Å². The average molecular weight is 457 g/mol. The van der Waals surface area contributed by atoms with Gasteiger partial charge in [-0.25, -0.2) is 8.78 Å². The van der Waals surface area contributed by atoms with Gasteiger partial charge in [0.25, 0.3) is 0 Å². The smallest absolute Gasteiger partial charge is 0.247 e. The molecule has 0 aliphatic carbocycles. The van der Waals surface area contributed by atoms with Crippen molar-refractivity contribution >= 4 is 23.4 Å². The first-order chi connectivity index (χ1) is 15.2. The van der Waals surface area contributed by atoms with Crippen LogP contribution in [-0.4, -0.2) is 26.8 Å². The fourth-order valence-electron chi connectivity index (χ4n) is 3.43. The zero-order valence-corrected chi connectivity index (χ0v) is 18.9. The predicted molar refractivity (Wildman–Crippen MR) is 118 cm³/mol. The number of hydrogen-bond acceptors (Lipinski definition) is 6. The largest absolute Gasteiger partial charge is 0.447 e. The van der Waals surface area contributed by atoms with Gasteiger partial charge in [-0.1, -0.05) is 37.2 Å². The number of anilines is 1. The molecule has 0 radical (unpaired) electrons. The van der Waals surface area contributed by atoms with E-state index in [4.69, 9.17) is 4.74 Å². The Balaban J connectivity index is 1.93. The molecular formula is C23H22F2N4O2S. The van der Waals surface area contributed by atoms with Crippen LogP contribution in [0.15, 0.2) is 41.6 Å². The van der Waals surface area contributed by atoms with E-state index >= 15 is 0 Å². The minimum absolute atomic E-state index is 0.107. The molecule has 0 bridgehead atoms. The van der Waals surface area contributed by atoms with E-state index in [0.29, 0.717) is 28.0 Å². The number of amides is 1. The number of hydrogen-bond donors (Lipinski definition) is 0. The first-order valence-corrected chi connectivity index (χ1v) is 11.1. The summed E-state index contributed by atoms with van der Waals surface area (Å²) in [4.78, 5) is 18.5. The van der Waals surface area contributed by atoms with Gasteiger partial charge in [0.15, 0.2) is 5.69 Å². The fraction of sp³-hybridized carbons (Fsp3) is 0.304. The van der Waals surface area contributed by atoms with E-state index in [0.717, 1.165) is 29.5 Å². The lowest BCUT2D eigenvalue weighted by atomic mass is 10.0. The lowest BCUT2D eigenvalue weighted by molar-refractivity contribution is -0.118. The van der Waals surface area contributed by atoms with E-state index < -0.39 is 23.8 Å². The lowest BCUT2D eigenvalue weighted by Gasteiger charge is -2.30. The van der Waals surface area contributed by atoms with Crippen LogP contribution in [0.4, 0.5) is 14.5 Å². The van der Waals surface area contributed by atoms with Crippen molar-refractivity contribution in [2.24, 2.45) is 5.92 Å². The third kappa shape index (κ3) is 4.29. The van der Waals surface area contributed by atoms with Gasteiger partial charge in [0.1, 0.15) is 11.6 Å². The number of fused-ring (bicyclic) bond motifs is 3. The summed E-state index contributed by atoms with van der Waals surface area (Å²) in [7, 11) is 0. The molecule has 1 amide bonds. The van der Waals surface area contributed by atoms with Crippen LogP contribution in [-0.2, 0) is 4.79 Å². The first kappa shape index (κ1) is 22.1. The van der Waals surface area contributed by atoms with Crippen LogP contribution in [0.2, 0.25) is 0 Å². The van der Waals surface area contributed by atoms with Crippen molar-refractivity contribution in [1.82, 2.24) is 15.2 Å². The molecule has 2 aromatic carbocycles. The Morgan fingerprint density at radius 2 is 1.97 bits per heavy atom. The third-order valence-corrected chi connectivity index (χ3v) is 6.13. The second-order valence-corrected chi connectivity index (χ2v) is 8.99. The molecular weight excluding hydrogens is 434 g/mol. The van der Waals surface area contributed by atoms with Crippen LogP contribution in [0.25, 0.3) is 11.3 Å². The van der Waals surface area contributed by atoms with Crippen LogP contribution in [0.3, 0.4) is 0 Å². The van der Waals surface area contributed by atoms with E-state index in [-0.39, 0.29) is 11.4 Å². The Kier molecular flexibility index (Phi) is 6.10. The van der Waals surface area contributed by atoms with Gasteiger partial charge in [-0.3, -0.25) is 9.69 Å². The second-order valence-electron chi connectivity index (χ2n) is 8.00. The average Bonchev–Trinajstić information content (AvgIpc) is 2.88. The molecule has 1 atom stereocenters. The molecule has 9 heteroatoms. The normalized spacial score (nSPS) is 15.1. The molecule has 3 aromatic rings. The Hall–Kier alpha value is -3.07. The van der Waals surface area contributed by atoms with E-state index in [1.165, 1.54) is 23.6 Å². The number of aromatic nitrogens is 3. The monoisotopic (exact) mass is 456 g/mol. The molecule has 0 unspecified atom stereocenters. The van der Waals surface area contributed by atoms with Crippen LogP contribution in [0, 0.1) is 24.5 Å². The molecule has 0 saturated heterocycles. The zero-order valence-electron chi connectivity index (χ0n) is 18.1. The fourth-order valence-corrected chi connectivity index (χ4v) is 4.16. The van der Waals surface area contributed by atoms with E-state index in [9.17, 15) is 13.6 Å². The number of ether oxygens (including phenoxy) is 1. The molecule has 4 rings (SSSR count). The summed E-state index contributed by atoms with van der Waals surface area (Å²) >= 11 is 1.42. The standard InChI is InChI=1S/C23H22F2N4O2S/c1-12(2)11-32-23-26-21-20(27-28-23)17-9-13(3)5-8-19(17)29(14(4)30)22(31-21)16-10-15(24)6-7-18(16)25/h5-10,12,22H,11H2,1-4H3/t22-/m1/s1. The highest BCUT2D eigenvalue weighted by Crippen LogP contribution is 2.44. The van der Waals surface area contributed by atoms with Gasteiger partial charge >= 0.3 is 0 Å². The minimum Gasteiger partial charge on any atom is -0.447 e. The summed E-state index contributed by atoms with van der Waals surface area (Å²) < 4.78 is 34.9. The quantitative estimate of drug-likeness (QED) is 0.495. The highest BCUT2D eigenvalue weighted by molar-refractivity contribution is 7.99. The maximum absolute atomic E-state index is 14.8. The van der Waals surface area contributed by atoms with Gasteiger partial charge in [0, 0.05) is 18.2 Å². The molecule has 0 N–H and O–H groups in total. The van der Waals surface area contributed by atoms with Gasteiger partial charge in [-0.15, -0.1) is 10.2 Å². The van der Waals surface area contributed by atoms with Crippen molar-refractivity contribution in [1.29, 1.82) is 0 Å². The number of nitrogens with zero attached hydrogens (tertiary/aromatic N) is 4. The van der Waals surface area contributed by atoms with Crippen molar-refractivity contribution in [3.05, 3.63) is 59.2 Å². The van der Waals surface area contributed by atoms with Crippen LogP contribution in [0.5, 0.6) is 5.88 Å². The molecule has 1 aliphatic heterocycles. The molecule has 0 spiro atoms. The Bertz CT molecular complexity index is 1190. The number of thioether (sulfide) groups is 1. The third-order valence-electron chi connectivity index (χ3n) is 4.87. The van der Waals surface area contributed by atoms with Gasteiger partial charge in [-0.05, 0) is 43.2 Å². The van der Waals surface area contributed by atoms with Gasteiger partial charge < -0.3 is 4.74 Å².